The molecule has 1 saturated heterocycles. The summed E-state index contributed by atoms with van der Waals surface area (Å²) >= 11 is 5.99. The molecule has 4 heteroatoms. The lowest BCUT2D eigenvalue weighted by Gasteiger charge is -2.42. The largest absolute Gasteiger partial charge is 0.371 e. The lowest BCUT2D eigenvalue weighted by Crippen LogP contribution is -2.48. The third-order valence-electron chi connectivity index (χ3n) is 4.19. The molecule has 4 N–H and O–H groups in total. The Kier molecular flexibility index (Phi) is 4.15. The van der Waals surface area contributed by atoms with Crippen LogP contribution in [0.3, 0.4) is 0 Å². The topological polar surface area (TPSA) is 55.3 Å². The number of piperidine rings is 1. The van der Waals surface area contributed by atoms with E-state index in [4.69, 9.17) is 23.1 Å². The van der Waals surface area contributed by atoms with Crippen LogP contribution in [-0.2, 0) is 0 Å². The minimum atomic E-state index is 0.150. The molecule has 1 fully saturated rings. The molecule has 0 spiro atoms. The molecular weight excluding hydrogens is 246 g/mol. The number of nitrogens with two attached hydrogens (primary N) is 2. The summed E-state index contributed by atoms with van der Waals surface area (Å²) in [4.78, 5) is 2.41. The summed E-state index contributed by atoms with van der Waals surface area (Å²) in [6, 6.07) is 6.08. The fourth-order valence-electron chi connectivity index (χ4n) is 2.69. The van der Waals surface area contributed by atoms with Gasteiger partial charge in [-0.1, -0.05) is 11.6 Å². The minimum absolute atomic E-state index is 0.150. The monoisotopic (exact) mass is 267 g/mol. The Morgan fingerprint density at radius 2 is 1.83 bits per heavy atom. The fourth-order valence-corrected chi connectivity index (χ4v) is 2.91. The molecule has 0 aliphatic carbocycles. The van der Waals surface area contributed by atoms with Crippen LogP contribution in [0.1, 0.15) is 18.4 Å². The summed E-state index contributed by atoms with van der Waals surface area (Å²) in [5.74, 6) is 0. The van der Waals surface area contributed by atoms with Crippen molar-refractivity contribution in [1.82, 2.24) is 0 Å². The van der Waals surface area contributed by atoms with E-state index in [0.717, 1.165) is 31.0 Å². The molecule has 1 aliphatic heterocycles. The Balaban J connectivity index is 2.10. The summed E-state index contributed by atoms with van der Waals surface area (Å²) in [5.41, 5.74) is 14.4. The maximum atomic E-state index is 5.99. The van der Waals surface area contributed by atoms with E-state index in [0.29, 0.717) is 13.1 Å². The van der Waals surface area contributed by atoms with E-state index >= 15 is 0 Å². The van der Waals surface area contributed by atoms with Crippen LogP contribution in [0.4, 0.5) is 5.69 Å². The van der Waals surface area contributed by atoms with Crippen molar-refractivity contribution in [2.45, 2.75) is 19.8 Å². The van der Waals surface area contributed by atoms with Gasteiger partial charge in [-0.15, -0.1) is 0 Å². The van der Waals surface area contributed by atoms with Crippen molar-refractivity contribution in [3.05, 3.63) is 28.8 Å². The molecule has 0 saturated carbocycles. The molecule has 0 radical (unpaired) electrons. The number of hydrogen-bond donors (Lipinski definition) is 2. The predicted molar refractivity (Wildman–Crippen MR) is 78.2 cm³/mol. The van der Waals surface area contributed by atoms with E-state index in [1.165, 1.54) is 11.3 Å². The van der Waals surface area contributed by atoms with Gasteiger partial charge in [0, 0.05) is 23.8 Å². The normalized spacial score (nSPS) is 19.0. The van der Waals surface area contributed by atoms with Gasteiger partial charge < -0.3 is 16.4 Å². The number of aryl methyl sites for hydroxylation is 1. The second-order valence-electron chi connectivity index (χ2n) is 5.33. The number of anilines is 1. The number of hydrogen-bond acceptors (Lipinski definition) is 3. The van der Waals surface area contributed by atoms with Crippen molar-refractivity contribution in [3.8, 4) is 0 Å². The molecule has 0 atom stereocenters. The minimum Gasteiger partial charge on any atom is -0.371 e. The third kappa shape index (κ3) is 2.63. The van der Waals surface area contributed by atoms with Crippen LogP contribution in [0.15, 0.2) is 18.2 Å². The highest BCUT2D eigenvalue weighted by atomic mass is 35.5. The molecule has 1 aromatic rings. The Morgan fingerprint density at radius 1 is 1.22 bits per heavy atom. The zero-order valence-electron chi connectivity index (χ0n) is 11.0. The predicted octanol–water partition coefficient (Wildman–Crippen LogP) is 2.15. The summed E-state index contributed by atoms with van der Waals surface area (Å²) in [6.45, 7) is 5.54. The van der Waals surface area contributed by atoms with Crippen molar-refractivity contribution < 1.29 is 0 Å². The quantitative estimate of drug-likeness (QED) is 0.882. The second kappa shape index (κ2) is 5.47. The van der Waals surface area contributed by atoms with E-state index < -0.39 is 0 Å². The van der Waals surface area contributed by atoms with Crippen molar-refractivity contribution in [2.24, 2.45) is 16.9 Å². The number of rotatable bonds is 3. The van der Waals surface area contributed by atoms with Gasteiger partial charge in [-0.25, -0.2) is 0 Å². The van der Waals surface area contributed by atoms with Crippen LogP contribution in [0.25, 0.3) is 0 Å². The van der Waals surface area contributed by atoms with Gasteiger partial charge in [-0.05, 0) is 62.0 Å². The molecule has 0 amide bonds. The summed E-state index contributed by atoms with van der Waals surface area (Å²) in [5, 5.41) is 0.798. The van der Waals surface area contributed by atoms with Crippen LogP contribution in [-0.4, -0.2) is 26.2 Å². The van der Waals surface area contributed by atoms with Gasteiger partial charge in [0.2, 0.25) is 0 Å². The maximum Gasteiger partial charge on any atom is 0.0410 e. The van der Waals surface area contributed by atoms with Gasteiger partial charge in [-0.3, -0.25) is 0 Å². The summed E-state index contributed by atoms with van der Waals surface area (Å²) in [7, 11) is 0. The number of nitrogens with zero attached hydrogens (tertiary/aromatic N) is 1. The Morgan fingerprint density at radius 3 is 2.33 bits per heavy atom. The highest BCUT2D eigenvalue weighted by Crippen LogP contribution is 2.33. The molecule has 0 aromatic heterocycles. The molecule has 100 valence electrons. The van der Waals surface area contributed by atoms with Crippen molar-refractivity contribution >= 4 is 17.3 Å². The standard InChI is InChI=1S/C14H22ClN3/c1-11-8-12(15)2-3-13(11)18-6-4-14(9-16,10-17)5-7-18/h2-3,8H,4-7,9-10,16-17H2,1H3. The highest BCUT2D eigenvalue weighted by molar-refractivity contribution is 6.30. The van der Waals surface area contributed by atoms with E-state index in [1.54, 1.807) is 0 Å². The fraction of sp³-hybridized carbons (Fsp3) is 0.571. The lowest BCUT2D eigenvalue weighted by molar-refractivity contribution is 0.238. The van der Waals surface area contributed by atoms with Crippen molar-refractivity contribution in [1.29, 1.82) is 0 Å². The van der Waals surface area contributed by atoms with Gasteiger partial charge in [-0.2, -0.15) is 0 Å². The van der Waals surface area contributed by atoms with Crippen LogP contribution < -0.4 is 16.4 Å². The number of benzene rings is 1. The number of halogens is 1. The van der Waals surface area contributed by atoms with Gasteiger partial charge in [0.25, 0.3) is 0 Å². The van der Waals surface area contributed by atoms with E-state index in [-0.39, 0.29) is 5.41 Å². The summed E-state index contributed by atoms with van der Waals surface area (Å²) < 4.78 is 0. The lowest BCUT2D eigenvalue weighted by atomic mass is 9.78. The highest BCUT2D eigenvalue weighted by Gasteiger charge is 2.32. The molecule has 1 aliphatic rings. The average Bonchev–Trinajstić information content (AvgIpc) is 2.39. The van der Waals surface area contributed by atoms with Crippen molar-refractivity contribution in [2.75, 3.05) is 31.1 Å². The summed E-state index contributed by atoms with van der Waals surface area (Å²) in [6.07, 6.45) is 2.14. The Hall–Kier alpha value is -0.770. The Labute approximate surface area is 114 Å². The first kappa shape index (κ1) is 13.7. The smallest absolute Gasteiger partial charge is 0.0410 e. The van der Waals surface area contributed by atoms with E-state index in [9.17, 15) is 0 Å². The molecule has 2 rings (SSSR count). The molecule has 0 bridgehead atoms. The van der Waals surface area contributed by atoms with Gasteiger partial charge in [0.05, 0.1) is 0 Å². The van der Waals surface area contributed by atoms with Crippen LogP contribution in [0.5, 0.6) is 0 Å². The van der Waals surface area contributed by atoms with Crippen LogP contribution in [0, 0.1) is 12.3 Å². The van der Waals surface area contributed by atoms with E-state index in [1.807, 2.05) is 12.1 Å². The third-order valence-corrected chi connectivity index (χ3v) is 4.42. The zero-order valence-corrected chi connectivity index (χ0v) is 11.7. The van der Waals surface area contributed by atoms with Gasteiger partial charge in [0.1, 0.15) is 0 Å². The average molecular weight is 268 g/mol. The molecule has 0 unspecified atom stereocenters. The van der Waals surface area contributed by atoms with Crippen molar-refractivity contribution in [3.63, 3.8) is 0 Å². The molecule has 1 aromatic carbocycles. The van der Waals surface area contributed by atoms with Crippen LogP contribution in [0.2, 0.25) is 5.02 Å². The van der Waals surface area contributed by atoms with E-state index in [2.05, 4.69) is 17.9 Å². The maximum absolute atomic E-state index is 5.99. The molecule has 3 nitrogen and oxygen atoms in total. The Bertz CT molecular complexity index is 406. The van der Waals surface area contributed by atoms with Gasteiger partial charge in [0.15, 0.2) is 0 Å². The first-order chi connectivity index (χ1) is 8.60. The second-order valence-corrected chi connectivity index (χ2v) is 5.76. The SMILES string of the molecule is Cc1cc(Cl)ccc1N1CCC(CN)(CN)CC1. The van der Waals surface area contributed by atoms with Gasteiger partial charge >= 0.3 is 0 Å². The molecule has 18 heavy (non-hydrogen) atoms. The molecular formula is C14H22ClN3. The van der Waals surface area contributed by atoms with Crippen LogP contribution >= 0.6 is 11.6 Å². The first-order valence-corrected chi connectivity index (χ1v) is 6.89. The molecule has 1 heterocycles. The zero-order chi connectivity index (χ0) is 13.2. The first-order valence-electron chi connectivity index (χ1n) is 6.51.